The lowest BCUT2D eigenvalue weighted by Crippen LogP contribution is -2.08. The first-order chi connectivity index (χ1) is 9.95. The summed E-state index contributed by atoms with van der Waals surface area (Å²) in [6.45, 7) is 0. The zero-order chi connectivity index (χ0) is 15.4. The molecule has 0 saturated carbocycles. The van der Waals surface area contributed by atoms with Crippen molar-refractivity contribution in [1.82, 2.24) is 0 Å². The molecule has 0 fully saturated rings. The molecule has 0 atom stereocenters. The van der Waals surface area contributed by atoms with Gasteiger partial charge in [-0.3, -0.25) is 4.79 Å². The molecule has 2 nitrogen and oxygen atoms in total. The Hall–Kier alpha value is -1.91. The van der Waals surface area contributed by atoms with E-state index in [0.717, 1.165) is 12.1 Å². The van der Waals surface area contributed by atoms with Gasteiger partial charge in [0.2, 0.25) is 5.91 Å². The average Bonchev–Trinajstić information content (AvgIpc) is 2.43. The maximum absolute atomic E-state index is 13.0. The van der Waals surface area contributed by atoms with Crippen LogP contribution in [0.25, 0.3) is 6.08 Å². The van der Waals surface area contributed by atoms with Crippen molar-refractivity contribution >= 4 is 40.9 Å². The Balaban J connectivity index is 2.07. The van der Waals surface area contributed by atoms with Crippen molar-refractivity contribution in [3.63, 3.8) is 0 Å². The number of hydrogen-bond donors (Lipinski definition) is 1. The molecule has 0 aliphatic carbocycles. The highest BCUT2D eigenvalue weighted by atomic mass is 35.5. The minimum absolute atomic E-state index is 0.303. The minimum Gasteiger partial charge on any atom is -0.321 e. The normalized spacial score (nSPS) is 10.9. The van der Waals surface area contributed by atoms with Crippen molar-refractivity contribution in [1.29, 1.82) is 0 Å². The van der Waals surface area contributed by atoms with Crippen molar-refractivity contribution in [2.45, 2.75) is 0 Å². The maximum Gasteiger partial charge on any atom is 0.248 e. The molecule has 0 unspecified atom stereocenters. The van der Waals surface area contributed by atoms with E-state index < -0.39 is 17.5 Å². The molecule has 108 valence electrons. The van der Waals surface area contributed by atoms with E-state index >= 15 is 0 Å². The predicted octanol–water partition coefficient (Wildman–Crippen LogP) is 4.92. The minimum atomic E-state index is -0.974. The lowest BCUT2D eigenvalue weighted by atomic mass is 10.2. The van der Waals surface area contributed by atoms with E-state index in [1.807, 2.05) is 0 Å². The molecule has 2 rings (SSSR count). The van der Waals surface area contributed by atoms with Gasteiger partial charge in [0.05, 0.1) is 10.7 Å². The molecule has 2 aromatic rings. The van der Waals surface area contributed by atoms with E-state index in [2.05, 4.69) is 5.32 Å². The van der Waals surface area contributed by atoms with Crippen molar-refractivity contribution in [3.05, 3.63) is 69.7 Å². The molecule has 21 heavy (non-hydrogen) atoms. The quantitative estimate of drug-likeness (QED) is 0.796. The molecule has 0 heterocycles. The van der Waals surface area contributed by atoms with Gasteiger partial charge in [-0.2, -0.15) is 0 Å². The van der Waals surface area contributed by atoms with Crippen LogP contribution >= 0.6 is 23.2 Å². The smallest absolute Gasteiger partial charge is 0.248 e. The van der Waals surface area contributed by atoms with E-state index in [9.17, 15) is 13.6 Å². The van der Waals surface area contributed by atoms with Crippen molar-refractivity contribution < 1.29 is 13.6 Å². The van der Waals surface area contributed by atoms with Gasteiger partial charge in [0.25, 0.3) is 0 Å². The van der Waals surface area contributed by atoms with Gasteiger partial charge in [-0.05, 0) is 42.0 Å². The molecular weight excluding hydrogens is 319 g/mol. The van der Waals surface area contributed by atoms with Gasteiger partial charge in [-0.1, -0.05) is 29.3 Å². The number of halogens is 4. The third-order valence-corrected chi connectivity index (χ3v) is 3.11. The van der Waals surface area contributed by atoms with E-state index in [1.165, 1.54) is 24.3 Å². The summed E-state index contributed by atoms with van der Waals surface area (Å²) in [4.78, 5) is 11.7. The van der Waals surface area contributed by atoms with Gasteiger partial charge >= 0.3 is 0 Å². The van der Waals surface area contributed by atoms with Gasteiger partial charge in [0.1, 0.15) is 0 Å². The van der Waals surface area contributed by atoms with Crippen LogP contribution in [0, 0.1) is 11.6 Å². The standard InChI is InChI=1S/C15H9Cl2F2NO/c16-10-3-5-14(11(17)8-10)20-15(21)6-2-9-1-4-12(18)13(19)7-9/h1-8H,(H,20,21). The predicted molar refractivity (Wildman–Crippen MR) is 80.5 cm³/mol. The van der Waals surface area contributed by atoms with Crippen LogP contribution in [0.4, 0.5) is 14.5 Å². The summed E-state index contributed by atoms with van der Waals surface area (Å²) in [7, 11) is 0. The summed E-state index contributed by atoms with van der Waals surface area (Å²) in [5.41, 5.74) is 0.771. The Morgan fingerprint density at radius 3 is 2.48 bits per heavy atom. The van der Waals surface area contributed by atoms with Crippen molar-refractivity contribution in [2.24, 2.45) is 0 Å². The average molecular weight is 328 g/mol. The zero-order valence-electron chi connectivity index (χ0n) is 10.5. The third-order valence-electron chi connectivity index (χ3n) is 2.56. The fraction of sp³-hybridized carbons (Fsp3) is 0. The highest BCUT2D eigenvalue weighted by Gasteiger charge is 2.04. The van der Waals surface area contributed by atoms with Crippen molar-refractivity contribution in [2.75, 3.05) is 5.32 Å². The Kier molecular flexibility index (Phi) is 4.94. The van der Waals surface area contributed by atoms with Crippen LogP contribution in [-0.4, -0.2) is 5.91 Å². The van der Waals surface area contributed by atoms with Crippen LogP contribution in [0.15, 0.2) is 42.5 Å². The summed E-state index contributed by atoms with van der Waals surface area (Å²) < 4.78 is 25.8. The first-order valence-electron chi connectivity index (χ1n) is 5.85. The number of carbonyl (C=O) groups excluding carboxylic acids is 1. The topological polar surface area (TPSA) is 29.1 Å². The number of anilines is 1. The molecule has 2 aromatic carbocycles. The lowest BCUT2D eigenvalue weighted by Gasteiger charge is -2.04. The second kappa shape index (κ2) is 6.70. The van der Waals surface area contributed by atoms with Crippen LogP contribution in [0.1, 0.15) is 5.56 Å². The van der Waals surface area contributed by atoms with E-state index in [1.54, 1.807) is 12.1 Å². The molecule has 0 aromatic heterocycles. The molecule has 0 aliphatic rings. The Labute approximate surface area is 130 Å². The first kappa shape index (κ1) is 15.5. The summed E-state index contributed by atoms with van der Waals surface area (Å²) in [5, 5.41) is 3.31. The van der Waals surface area contributed by atoms with Crippen LogP contribution < -0.4 is 5.32 Å². The van der Waals surface area contributed by atoms with E-state index in [-0.39, 0.29) is 0 Å². The first-order valence-corrected chi connectivity index (χ1v) is 6.60. The number of nitrogens with one attached hydrogen (secondary N) is 1. The molecular formula is C15H9Cl2F2NO. The molecule has 0 aliphatic heterocycles. The molecule has 1 N–H and O–H groups in total. The summed E-state index contributed by atoms with van der Waals surface area (Å²) in [6, 6.07) is 7.99. The third kappa shape index (κ3) is 4.28. The van der Waals surface area contributed by atoms with Gasteiger partial charge in [0.15, 0.2) is 11.6 Å². The molecule has 0 radical (unpaired) electrons. The van der Waals surface area contributed by atoms with Gasteiger partial charge in [0, 0.05) is 11.1 Å². The maximum atomic E-state index is 13.0. The van der Waals surface area contributed by atoms with Gasteiger partial charge < -0.3 is 5.32 Å². The lowest BCUT2D eigenvalue weighted by molar-refractivity contribution is -0.111. The Morgan fingerprint density at radius 2 is 1.81 bits per heavy atom. The van der Waals surface area contributed by atoms with Crippen LogP contribution in [-0.2, 0) is 4.79 Å². The van der Waals surface area contributed by atoms with Gasteiger partial charge in [-0.25, -0.2) is 8.78 Å². The number of amides is 1. The van der Waals surface area contributed by atoms with Crippen LogP contribution in [0.5, 0.6) is 0 Å². The van der Waals surface area contributed by atoms with Crippen LogP contribution in [0.2, 0.25) is 10.0 Å². The number of benzene rings is 2. The Bertz CT molecular complexity index is 717. The Morgan fingerprint density at radius 1 is 1.05 bits per heavy atom. The van der Waals surface area contributed by atoms with E-state index in [4.69, 9.17) is 23.2 Å². The summed E-state index contributed by atoms with van der Waals surface area (Å²) in [5.74, 6) is -2.37. The van der Waals surface area contributed by atoms with E-state index in [0.29, 0.717) is 21.3 Å². The van der Waals surface area contributed by atoms with Gasteiger partial charge in [-0.15, -0.1) is 0 Å². The van der Waals surface area contributed by atoms with Crippen LogP contribution in [0.3, 0.4) is 0 Å². The highest BCUT2D eigenvalue weighted by molar-refractivity contribution is 6.36. The second-order valence-electron chi connectivity index (χ2n) is 4.12. The molecule has 1 amide bonds. The highest BCUT2D eigenvalue weighted by Crippen LogP contribution is 2.25. The second-order valence-corrected chi connectivity index (χ2v) is 4.96. The monoisotopic (exact) mass is 327 g/mol. The fourth-order valence-corrected chi connectivity index (χ4v) is 2.01. The summed E-state index contributed by atoms with van der Waals surface area (Å²) in [6.07, 6.45) is 2.55. The molecule has 6 heteroatoms. The SMILES string of the molecule is O=C(C=Cc1ccc(F)c(F)c1)Nc1ccc(Cl)cc1Cl. The largest absolute Gasteiger partial charge is 0.321 e. The number of hydrogen-bond acceptors (Lipinski definition) is 1. The van der Waals surface area contributed by atoms with Crippen molar-refractivity contribution in [3.8, 4) is 0 Å². The molecule has 0 saturated heterocycles. The number of carbonyl (C=O) groups is 1. The molecule has 0 spiro atoms. The fourth-order valence-electron chi connectivity index (χ4n) is 1.55. The molecule has 0 bridgehead atoms. The summed E-state index contributed by atoms with van der Waals surface area (Å²) >= 11 is 11.7. The number of rotatable bonds is 3. The zero-order valence-corrected chi connectivity index (χ0v) is 12.1.